The van der Waals surface area contributed by atoms with E-state index in [0.29, 0.717) is 12.0 Å². The molecule has 62 valence electrons. The van der Waals surface area contributed by atoms with Gasteiger partial charge in [0, 0.05) is 0 Å². The Kier molecular flexibility index (Phi) is 1.44. The molecule has 0 bridgehead atoms. The molecule has 0 aliphatic heterocycles. The van der Waals surface area contributed by atoms with E-state index in [1.807, 2.05) is 6.92 Å². The molecule has 11 heavy (non-hydrogen) atoms. The van der Waals surface area contributed by atoms with Gasteiger partial charge in [0.2, 0.25) is 0 Å². The van der Waals surface area contributed by atoms with Crippen LogP contribution in [-0.2, 0) is 9.53 Å². The topological polar surface area (TPSA) is 26.3 Å². The molecule has 2 aliphatic carbocycles. The summed E-state index contributed by atoms with van der Waals surface area (Å²) >= 11 is 0. The Morgan fingerprint density at radius 1 is 1.55 bits per heavy atom. The van der Waals surface area contributed by atoms with E-state index in [1.54, 1.807) is 0 Å². The molecule has 2 fully saturated rings. The fourth-order valence-corrected chi connectivity index (χ4v) is 2.00. The van der Waals surface area contributed by atoms with Crippen LogP contribution in [0.5, 0.6) is 0 Å². The van der Waals surface area contributed by atoms with E-state index in [9.17, 15) is 4.79 Å². The summed E-state index contributed by atoms with van der Waals surface area (Å²) in [5, 5.41) is 0. The van der Waals surface area contributed by atoms with E-state index >= 15 is 0 Å². The number of carbonyl (C=O) groups excluding carboxylic acids is 1. The second kappa shape index (κ2) is 2.23. The van der Waals surface area contributed by atoms with Gasteiger partial charge >= 0.3 is 5.97 Å². The highest BCUT2D eigenvalue weighted by Gasteiger charge is 2.55. The lowest BCUT2D eigenvalue weighted by Crippen LogP contribution is -2.32. The highest BCUT2D eigenvalue weighted by atomic mass is 16.5. The SMILES string of the molecule is CCOC(=O)C1CC2(CC2)C1. The maximum absolute atomic E-state index is 11.1. The van der Waals surface area contributed by atoms with Crippen LogP contribution in [0.1, 0.15) is 32.6 Å². The number of ether oxygens (including phenoxy) is 1. The van der Waals surface area contributed by atoms with Gasteiger partial charge in [-0.25, -0.2) is 0 Å². The minimum Gasteiger partial charge on any atom is -0.466 e. The third-order valence-electron chi connectivity index (χ3n) is 2.94. The molecule has 2 heteroatoms. The lowest BCUT2D eigenvalue weighted by Gasteiger charge is -2.33. The van der Waals surface area contributed by atoms with Gasteiger partial charge in [-0.2, -0.15) is 0 Å². The quantitative estimate of drug-likeness (QED) is 0.566. The zero-order valence-corrected chi connectivity index (χ0v) is 6.93. The summed E-state index contributed by atoms with van der Waals surface area (Å²) in [6.45, 7) is 2.39. The number of hydrogen-bond donors (Lipinski definition) is 0. The van der Waals surface area contributed by atoms with E-state index in [4.69, 9.17) is 4.74 Å². The van der Waals surface area contributed by atoms with Gasteiger partial charge in [0.1, 0.15) is 0 Å². The van der Waals surface area contributed by atoms with Crippen molar-refractivity contribution in [3.63, 3.8) is 0 Å². The third-order valence-corrected chi connectivity index (χ3v) is 2.94. The van der Waals surface area contributed by atoms with Crippen molar-refractivity contribution in [3.05, 3.63) is 0 Å². The van der Waals surface area contributed by atoms with Gasteiger partial charge in [0.15, 0.2) is 0 Å². The molecule has 0 radical (unpaired) electrons. The average molecular weight is 154 g/mol. The predicted octanol–water partition coefficient (Wildman–Crippen LogP) is 1.74. The third kappa shape index (κ3) is 1.15. The van der Waals surface area contributed by atoms with Crippen LogP contribution >= 0.6 is 0 Å². The van der Waals surface area contributed by atoms with Crippen molar-refractivity contribution in [1.29, 1.82) is 0 Å². The van der Waals surface area contributed by atoms with E-state index in [-0.39, 0.29) is 11.9 Å². The normalized spacial score (nSPS) is 26.3. The minimum absolute atomic E-state index is 0.0324. The molecule has 0 N–H and O–H groups in total. The van der Waals surface area contributed by atoms with Crippen molar-refractivity contribution in [2.45, 2.75) is 32.6 Å². The average Bonchev–Trinajstić information content (AvgIpc) is 2.62. The van der Waals surface area contributed by atoms with Crippen molar-refractivity contribution >= 4 is 5.97 Å². The summed E-state index contributed by atoms with van der Waals surface area (Å²) in [6, 6.07) is 0. The standard InChI is InChI=1S/C9H14O2/c1-2-11-8(10)7-5-9(6-7)3-4-9/h7H,2-6H2,1H3. The lowest BCUT2D eigenvalue weighted by molar-refractivity contribution is -0.153. The van der Waals surface area contributed by atoms with Gasteiger partial charge in [-0.3, -0.25) is 4.79 Å². The summed E-state index contributed by atoms with van der Waals surface area (Å²) in [4.78, 5) is 11.1. The molecular weight excluding hydrogens is 140 g/mol. The zero-order valence-electron chi connectivity index (χ0n) is 6.93. The maximum atomic E-state index is 11.1. The van der Waals surface area contributed by atoms with E-state index in [0.717, 1.165) is 12.8 Å². The van der Waals surface area contributed by atoms with E-state index in [2.05, 4.69) is 0 Å². The first kappa shape index (κ1) is 7.14. The summed E-state index contributed by atoms with van der Waals surface area (Å²) < 4.78 is 4.93. The fraction of sp³-hybridized carbons (Fsp3) is 0.889. The largest absolute Gasteiger partial charge is 0.466 e. The Bertz CT molecular complexity index is 174. The van der Waals surface area contributed by atoms with Crippen molar-refractivity contribution in [2.24, 2.45) is 11.3 Å². The molecule has 0 heterocycles. The molecular formula is C9H14O2. The number of esters is 1. The summed E-state index contributed by atoms with van der Waals surface area (Å²) in [7, 11) is 0. The molecule has 2 nitrogen and oxygen atoms in total. The van der Waals surface area contributed by atoms with Gasteiger partial charge in [0.05, 0.1) is 12.5 Å². The van der Waals surface area contributed by atoms with Crippen molar-refractivity contribution in [3.8, 4) is 0 Å². The molecule has 0 saturated heterocycles. The number of hydrogen-bond acceptors (Lipinski definition) is 2. The summed E-state index contributed by atoms with van der Waals surface area (Å²) in [5.41, 5.74) is 0.622. The molecule has 0 aromatic rings. The molecule has 0 atom stereocenters. The molecule has 2 saturated carbocycles. The fourth-order valence-electron chi connectivity index (χ4n) is 2.00. The highest BCUT2D eigenvalue weighted by Crippen LogP contribution is 2.63. The van der Waals surface area contributed by atoms with Crippen molar-refractivity contribution in [2.75, 3.05) is 6.61 Å². The molecule has 2 rings (SSSR count). The van der Waals surface area contributed by atoms with Crippen LogP contribution in [0.15, 0.2) is 0 Å². The highest BCUT2D eigenvalue weighted by molar-refractivity contribution is 5.74. The Labute approximate surface area is 66.9 Å². The van der Waals surface area contributed by atoms with Crippen molar-refractivity contribution in [1.82, 2.24) is 0 Å². The van der Waals surface area contributed by atoms with Crippen LogP contribution in [0.3, 0.4) is 0 Å². The van der Waals surface area contributed by atoms with Crippen LogP contribution < -0.4 is 0 Å². The zero-order chi connectivity index (χ0) is 7.90. The second-order valence-corrected chi connectivity index (χ2v) is 3.86. The first-order chi connectivity index (χ1) is 5.26. The smallest absolute Gasteiger partial charge is 0.308 e. The number of carbonyl (C=O) groups is 1. The first-order valence-electron chi connectivity index (χ1n) is 4.42. The Balaban J connectivity index is 1.76. The van der Waals surface area contributed by atoms with E-state index in [1.165, 1.54) is 12.8 Å². The Hall–Kier alpha value is -0.530. The van der Waals surface area contributed by atoms with Crippen LogP contribution in [0.2, 0.25) is 0 Å². The molecule has 1 spiro atoms. The van der Waals surface area contributed by atoms with Crippen molar-refractivity contribution < 1.29 is 9.53 Å². The van der Waals surface area contributed by atoms with Crippen LogP contribution in [0.25, 0.3) is 0 Å². The second-order valence-electron chi connectivity index (χ2n) is 3.86. The van der Waals surface area contributed by atoms with Crippen LogP contribution in [0, 0.1) is 11.3 Å². The van der Waals surface area contributed by atoms with E-state index < -0.39 is 0 Å². The summed E-state index contributed by atoms with van der Waals surface area (Å²) in [5.74, 6) is 0.280. The molecule has 2 aliphatic rings. The summed E-state index contributed by atoms with van der Waals surface area (Å²) in [6.07, 6.45) is 4.91. The Morgan fingerprint density at radius 2 is 2.18 bits per heavy atom. The monoisotopic (exact) mass is 154 g/mol. The van der Waals surface area contributed by atoms with Gasteiger partial charge < -0.3 is 4.74 Å². The van der Waals surface area contributed by atoms with Gasteiger partial charge in [0.25, 0.3) is 0 Å². The van der Waals surface area contributed by atoms with Crippen LogP contribution in [-0.4, -0.2) is 12.6 Å². The maximum Gasteiger partial charge on any atom is 0.308 e. The van der Waals surface area contributed by atoms with Gasteiger partial charge in [-0.1, -0.05) is 0 Å². The molecule has 0 amide bonds. The Morgan fingerprint density at radius 3 is 2.64 bits per heavy atom. The molecule has 0 unspecified atom stereocenters. The van der Waals surface area contributed by atoms with Gasteiger partial charge in [-0.15, -0.1) is 0 Å². The van der Waals surface area contributed by atoms with Crippen LogP contribution in [0.4, 0.5) is 0 Å². The number of rotatable bonds is 2. The minimum atomic E-state index is 0.0324. The molecule has 0 aromatic carbocycles. The van der Waals surface area contributed by atoms with Gasteiger partial charge in [-0.05, 0) is 38.0 Å². The lowest BCUT2D eigenvalue weighted by atomic mass is 9.72. The molecule has 0 aromatic heterocycles. The first-order valence-corrected chi connectivity index (χ1v) is 4.42. The predicted molar refractivity (Wildman–Crippen MR) is 41.0 cm³/mol.